The van der Waals surface area contributed by atoms with Gasteiger partial charge in [0.1, 0.15) is 5.75 Å². The Morgan fingerprint density at radius 3 is 2.46 bits per heavy atom. The first-order valence-electron chi connectivity index (χ1n) is 5.04. The van der Waals surface area contributed by atoms with Crippen molar-refractivity contribution in [3.05, 3.63) is 29.8 Å². The molecule has 70 valence electrons. The Morgan fingerprint density at radius 1 is 1.23 bits per heavy atom. The Hall–Kier alpha value is -0.980. The van der Waals surface area contributed by atoms with Gasteiger partial charge in [0, 0.05) is 0 Å². The van der Waals surface area contributed by atoms with Crippen LogP contribution in [-0.2, 0) is 0 Å². The van der Waals surface area contributed by atoms with E-state index in [-0.39, 0.29) is 0 Å². The minimum Gasteiger partial charge on any atom is -0.493 e. The standard InChI is InChI=1S/C12H16O/c1-10-5-7-12(8-6-10)13-9-11-3-2-4-11/h5-8,11H,2-4,9H2,1H3. The van der Waals surface area contributed by atoms with Crippen LogP contribution in [0.5, 0.6) is 5.75 Å². The van der Waals surface area contributed by atoms with E-state index < -0.39 is 0 Å². The van der Waals surface area contributed by atoms with Gasteiger partial charge >= 0.3 is 0 Å². The third-order valence-electron chi connectivity index (χ3n) is 2.73. The van der Waals surface area contributed by atoms with Crippen LogP contribution in [0.2, 0.25) is 0 Å². The maximum atomic E-state index is 5.66. The Balaban J connectivity index is 1.83. The Bertz CT molecular complexity index is 259. The van der Waals surface area contributed by atoms with Crippen molar-refractivity contribution in [2.45, 2.75) is 26.2 Å². The molecule has 0 aromatic heterocycles. The molecule has 0 radical (unpaired) electrons. The van der Waals surface area contributed by atoms with Gasteiger partial charge in [-0.25, -0.2) is 0 Å². The van der Waals surface area contributed by atoms with E-state index in [1.54, 1.807) is 0 Å². The quantitative estimate of drug-likeness (QED) is 0.687. The molecule has 0 atom stereocenters. The first-order valence-corrected chi connectivity index (χ1v) is 5.04. The van der Waals surface area contributed by atoms with Crippen molar-refractivity contribution >= 4 is 0 Å². The minimum absolute atomic E-state index is 0.821. The fourth-order valence-electron chi connectivity index (χ4n) is 1.51. The van der Waals surface area contributed by atoms with Crippen molar-refractivity contribution in [3.63, 3.8) is 0 Å². The summed E-state index contributed by atoms with van der Waals surface area (Å²) in [7, 11) is 0. The van der Waals surface area contributed by atoms with Gasteiger partial charge in [-0.1, -0.05) is 24.1 Å². The summed E-state index contributed by atoms with van der Waals surface area (Å²) in [6, 6.07) is 8.29. The number of hydrogen-bond acceptors (Lipinski definition) is 1. The first-order chi connectivity index (χ1) is 6.34. The Morgan fingerprint density at radius 2 is 1.92 bits per heavy atom. The first kappa shape index (κ1) is 8.61. The van der Waals surface area contributed by atoms with E-state index in [4.69, 9.17) is 4.74 Å². The van der Waals surface area contributed by atoms with Crippen LogP contribution in [0.3, 0.4) is 0 Å². The van der Waals surface area contributed by atoms with Crippen molar-refractivity contribution in [3.8, 4) is 5.75 Å². The maximum absolute atomic E-state index is 5.66. The molecule has 0 heterocycles. The van der Waals surface area contributed by atoms with Crippen molar-refractivity contribution in [2.75, 3.05) is 6.61 Å². The molecule has 1 heteroatoms. The molecule has 1 aliphatic carbocycles. The highest BCUT2D eigenvalue weighted by molar-refractivity contribution is 5.26. The summed E-state index contributed by atoms with van der Waals surface area (Å²) in [5, 5.41) is 0. The lowest BCUT2D eigenvalue weighted by Gasteiger charge is -2.25. The summed E-state index contributed by atoms with van der Waals surface area (Å²) in [5.74, 6) is 1.83. The zero-order valence-electron chi connectivity index (χ0n) is 8.12. The van der Waals surface area contributed by atoms with E-state index in [2.05, 4.69) is 19.1 Å². The number of hydrogen-bond donors (Lipinski definition) is 0. The summed E-state index contributed by atoms with van der Waals surface area (Å²) in [6.07, 6.45) is 4.10. The second-order valence-electron chi connectivity index (χ2n) is 3.92. The molecule has 1 saturated carbocycles. The summed E-state index contributed by atoms with van der Waals surface area (Å²) >= 11 is 0. The SMILES string of the molecule is Cc1ccc(OCC2CCC2)cc1. The van der Waals surface area contributed by atoms with Crippen molar-refractivity contribution < 1.29 is 4.74 Å². The van der Waals surface area contributed by atoms with Crippen LogP contribution < -0.4 is 4.74 Å². The van der Waals surface area contributed by atoms with E-state index in [1.165, 1.54) is 24.8 Å². The van der Waals surface area contributed by atoms with E-state index >= 15 is 0 Å². The van der Waals surface area contributed by atoms with Crippen LogP contribution in [-0.4, -0.2) is 6.61 Å². The van der Waals surface area contributed by atoms with Gasteiger partial charge in [0.15, 0.2) is 0 Å². The zero-order valence-corrected chi connectivity index (χ0v) is 8.12. The van der Waals surface area contributed by atoms with Crippen molar-refractivity contribution in [1.82, 2.24) is 0 Å². The number of benzene rings is 1. The lowest BCUT2D eigenvalue weighted by molar-refractivity contribution is 0.180. The van der Waals surface area contributed by atoms with Gasteiger partial charge in [0.25, 0.3) is 0 Å². The number of aryl methyl sites for hydroxylation is 1. The average molecular weight is 176 g/mol. The monoisotopic (exact) mass is 176 g/mol. The normalized spacial score (nSPS) is 16.7. The topological polar surface area (TPSA) is 9.23 Å². The highest BCUT2D eigenvalue weighted by Gasteiger charge is 2.17. The van der Waals surface area contributed by atoms with Crippen LogP contribution in [0.25, 0.3) is 0 Å². The van der Waals surface area contributed by atoms with Gasteiger partial charge in [-0.15, -0.1) is 0 Å². The summed E-state index contributed by atoms with van der Waals surface area (Å²) < 4.78 is 5.66. The lowest BCUT2D eigenvalue weighted by Crippen LogP contribution is -2.19. The Kier molecular flexibility index (Phi) is 2.53. The summed E-state index contributed by atoms with van der Waals surface area (Å²) in [4.78, 5) is 0. The van der Waals surface area contributed by atoms with Gasteiger partial charge in [0.05, 0.1) is 6.61 Å². The minimum atomic E-state index is 0.821. The fourth-order valence-corrected chi connectivity index (χ4v) is 1.51. The molecular weight excluding hydrogens is 160 g/mol. The molecule has 0 N–H and O–H groups in total. The highest BCUT2D eigenvalue weighted by atomic mass is 16.5. The number of rotatable bonds is 3. The van der Waals surface area contributed by atoms with E-state index in [0.29, 0.717) is 0 Å². The van der Waals surface area contributed by atoms with Gasteiger partial charge in [-0.3, -0.25) is 0 Å². The molecule has 0 amide bonds. The van der Waals surface area contributed by atoms with Crippen LogP contribution in [0.4, 0.5) is 0 Å². The summed E-state index contributed by atoms with van der Waals surface area (Å²) in [6.45, 7) is 3.00. The van der Waals surface area contributed by atoms with Gasteiger partial charge < -0.3 is 4.74 Å². The molecule has 0 aliphatic heterocycles. The number of ether oxygens (including phenoxy) is 1. The predicted octanol–water partition coefficient (Wildman–Crippen LogP) is 3.17. The van der Waals surface area contributed by atoms with Crippen molar-refractivity contribution in [1.29, 1.82) is 0 Å². The van der Waals surface area contributed by atoms with Gasteiger partial charge in [-0.05, 0) is 37.8 Å². The van der Waals surface area contributed by atoms with Crippen LogP contribution in [0.1, 0.15) is 24.8 Å². The second-order valence-corrected chi connectivity index (χ2v) is 3.92. The van der Waals surface area contributed by atoms with E-state index in [1.807, 2.05) is 12.1 Å². The molecule has 1 fully saturated rings. The maximum Gasteiger partial charge on any atom is 0.119 e. The molecule has 1 aromatic carbocycles. The largest absolute Gasteiger partial charge is 0.493 e. The highest BCUT2D eigenvalue weighted by Crippen LogP contribution is 2.27. The zero-order chi connectivity index (χ0) is 9.10. The predicted molar refractivity (Wildman–Crippen MR) is 54.0 cm³/mol. The molecule has 1 aliphatic rings. The molecule has 0 spiro atoms. The molecule has 0 saturated heterocycles. The fraction of sp³-hybridized carbons (Fsp3) is 0.500. The molecular formula is C12H16O. The molecule has 1 nitrogen and oxygen atoms in total. The van der Waals surface area contributed by atoms with Crippen molar-refractivity contribution in [2.24, 2.45) is 5.92 Å². The van der Waals surface area contributed by atoms with Crippen LogP contribution >= 0.6 is 0 Å². The third kappa shape index (κ3) is 2.24. The van der Waals surface area contributed by atoms with Gasteiger partial charge in [0.2, 0.25) is 0 Å². The second kappa shape index (κ2) is 3.82. The molecule has 0 bridgehead atoms. The molecule has 1 aromatic rings. The third-order valence-corrected chi connectivity index (χ3v) is 2.73. The molecule has 2 rings (SSSR count). The average Bonchev–Trinajstić information content (AvgIpc) is 2.05. The van der Waals surface area contributed by atoms with E-state index in [0.717, 1.165) is 18.3 Å². The smallest absolute Gasteiger partial charge is 0.119 e. The van der Waals surface area contributed by atoms with E-state index in [9.17, 15) is 0 Å². The van der Waals surface area contributed by atoms with Crippen LogP contribution in [0, 0.1) is 12.8 Å². The van der Waals surface area contributed by atoms with Crippen LogP contribution in [0.15, 0.2) is 24.3 Å². The summed E-state index contributed by atoms with van der Waals surface area (Å²) in [5.41, 5.74) is 1.29. The lowest BCUT2D eigenvalue weighted by atomic mass is 9.86. The van der Waals surface area contributed by atoms with Gasteiger partial charge in [-0.2, -0.15) is 0 Å². The molecule has 13 heavy (non-hydrogen) atoms. The molecule has 0 unspecified atom stereocenters. The Labute approximate surface area is 79.7 Å².